The first-order chi connectivity index (χ1) is 4.33. The summed E-state index contributed by atoms with van der Waals surface area (Å²) in [5.74, 6) is 0. The molecule has 0 aromatic carbocycles. The van der Waals surface area contributed by atoms with Crippen molar-refractivity contribution in [1.82, 2.24) is 5.32 Å². The van der Waals surface area contributed by atoms with Crippen molar-refractivity contribution < 1.29 is 0 Å². The van der Waals surface area contributed by atoms with Crippen LogP contribution < -0.4 is 5.32 Å². The van der Waals surface area contributed by atoms with Crippen molar-refractivity contribution >= 4 is 11.8 Å². The number of nitriles is 1. The fourth-order valence-electron chi connectivity index (χ4n) is 0.793. The lowest BCUT2D eigenvalue weighted by atomic mass is 10.4. The molecule has 0 amide bonds. The zero-order valence-corrected chi connectivity index (χ0v) is 6.29. The van der Waals surface area contributed by atoms with Crippen LogP contribution in [0.2, 0.25) is 0 Å². The number of thioether (sulfide) groups is 1. The van der Waals surface area contributed by atoms with Gasteiger partial charge in [0.1, 0.15) is 0 Å². The monoisotopic (exact) mass is 142 g/mol. The van der Waals surface area contributed by atoms with Gasteiger partial charge in [0.2, 0.25) is 0 Å². The molecule has 0 radical (unpaired) electrons. The third-order valence-corrected chi connectivity index (χ3v) is 3.15. The van der Waals surface area contributed by atoms with Crippen LogP contribution in [0.4, 0.5) is 0 Å². The summed E-state index contributed by atoms with van der Waals surface area (Å²) < 4.78 is 0.426. The molecule has 0 spiro atoms. The highest BCUT2D eigenvalue weighted by Crippen LogP contribution is 2.46. The van der Waals surface area contributed by atoms with Gasteiger partial charge in [0.15, 0.2) is 6.19 Å². The Morgan fingerprint density at radius 1 is 1.78 bits per heavy atom. The minimum Gasteiger partial charge on any atom is -0.322 e. The maximum absolute atomic E-state index is 8.18. The van der Waals surface area contributed by atoms with Gasteiger partial charge in [-0.1, -0.05) is 0 Å². The first-order valence-corrected chi connectivity index (χ1v) is 4.22. The summed E-state index contributed by atoms with van der Waals surface area (Å²) in [5, 5.41) is 10.9. The molecule has 1 fully saturated rings. The molecular formula is C6H10N2S. The fraction of sp³-hybridized carbons (Fsp3) is 0.833. The van der Waals surface area contributed by atoms with Crippen molar-refractivity contribution in [3.63, 3.8) is 0 Å². The molecule has 0 saturated heterocycles. The van der Waals surface area contributed by atoms with E-state index in [-0.39, 0.29) is 0 Å². The predicted molar refractivity (Wildman–Crippen MR) is 39.1 cm³/mol. The van der Waals surface area contributed by atoms with Crippen LogP contribution in [0.5, 0.6) is 0 Å². The molecule has 0 aromatic heterocycles. The van der Waals surface area contributed by atoms with E-state index in [9.17, 15) is 0 Å². The third kappa shape index (κ3) is 1.52. The number of hydrogen-bond donors (Lipinski definition) is 1. The maximum atomic E-state index is 8.18. The molecule has 0 aromatic rings. The molecule has 9 heavy (non-hydrogen) atoms. The van der Waals surface area contributed by atoms with Gasteiger partial charge < -0.3 is 5.32 Å². The molecule has 0 atom stereocenters. The summed E-state index contributed by atoms with van der Waals surface area (Å²) in [6.45, 7) is 0.852. The highest BCUT2D eigenvalue weighted by atomic mass is 32.2. The normalized spacial score (nSPS) is 20.4. The maximum Gasteiger partial charge on any atom is 0.176 e. The van der Waals surface area contributed by atoms with E-state index in [2.05, 4.69) is 11.6 Å². The zero-order chi connectivity index (χ0) is 6.74. The quantitative estimate of drug-likeness (QED) is 0.471. The second-order valence-electron chi connectivity index (χ2n) is 2.35. The second-order valence-corrected chi connectivity index (χ2v) is 3.63. The molecule has 1 saturated carbocycles. The van der Waals surface area contributed by atoms with E-state index in [1.54, 1.807) is 0 Å². The van der Waals surface area contributed by atoms with Crippen molar-refractivity contribution in [2.24, 2.45) is 0 Å². The number of hydrogen-bond acceptors (Lipinski definition) is 3. The van der Waals surface area contributed by atoms with E-state index < -0.39 is 0 Å². The Hall–Kier alpha value is -0.360. The predicted octanol–water partition coefficient (Wildman–Crippen LogP) is 0.953. The Balaban J connectivity index is 2.19. The molecule has 0 bridgehead atoms. The van der Waals surface area contributed by atoms with Gasteiger partial charge in [-0.25, -0.2) is 0 Å². The highest BCUT2D eigenvalue weighted by Gasteiger charge is 2.41. The summed E-state index contributed by atoms with van der Waals surface area (Å²) in [6, 6.07) is 0. The topological polar surface area (TPSA) is 35.8 Å². The van der Waals surface area contributed by atoms with Crippen LogP contribution in [0.15, 0.2) is 0 Å². The van der Waals surface area contributed by atoms with Crippen LogP contribution in [-0.2, 0) is 0 Å². The number of nitrogens with one attached hydrogen (secondary N) is 1. The third-order valence-electron chi connectivity index (χ3n) is 1.73. The van der Waals surface area contributed by atoms with Gasteiger partial charge in [0.25, 0.3) is 0 Å². The van der Waals surface area contributed by atoms with Crippen LogP contribution >= 0.6 is 11.8 Å². The van der Waals surface area contributed by atoms with Crippen molar-refractivity contribution in [2.75, 3.05) is 12.8 Å². The van der Waals surface area contributed by atoms with Crippen molar-refractivity contribution in [1.29, 1.82) is 5.26 Å². The molecule has 3 heteroatoms. The molecule has 1 rings (SSSR count). The lowest BCUT2D eigenvalue weighted by Crippen LogP contribution is -2.21. The van der Waals surface area contributed by atoms with Crippen molar-refractivity contribution in [3.8, 4) is 6.19 Å². The van der Waals surface area contributed by atoms with Gasteiger partial charge in [0.05, 0.1) is 0 Å². The molecule has 0 aliphatic heterocycles. The van der Waals surface area contributed by atoms with Crippen molar-refractivity contribution in [3.05, 3.63) is 0 Å². The lowest BCUT2D eigenvalue weighted by molar-refractivity contribution is 0.798. The Kier molecular flexibility index (Phi) is 1.87. The van der Waals surface area contributed by atoms with Gasteiger partial charge in [-0.15, -0.1) is 0 Å². The average Bonchev–Trinajstić information content (AvgIpc) is 2.65. The standard InChI is InChI=1S/C6H10N2S/c1-9-6(2-3-6)4-8-5-7/h8H,2-4H2,1H3. The SMILES string of the molecule is CSC1(CNC#N)CC1. The molecular weight excluding hydrogens is 132 g/mol. The molecule has 1 aliphatic carbocycles. The summed E-state index contributed by atoms with van der Waals surface area (Å²) >= 11 is 1.86. The Labute approximate surface area is 59.6 Å². The average molecular weight is 142 g/mol. The van der Waals surface area contributed by atoms with Gasteiger partial charge in [-0.05, 0) is 19.1 Å². The summed E-state index contributed by atoms with van der Waals surface area (Å²) in [6.07, 6.45) is 6.57. The fourth-order valence-corrected chi connectivity index (χ4v) is 1.52. The smallest absolute Gasteiger partial charge is 0.176 e. The second kappa shape index (κ2) is 2.49. The molecule has 0 heterocycles. The van der Waals surface area contributed by atoms with Gasteiger partial charge in [0, 0.05) is 11.3 Å². The van der Waals surface area contributed by atoms with Crippen LogP contribution in [0.25, 0.3) is 0 Å². The van der Waals surface area contributed by atoms with Crippen LogP contribution in [0.3, 0.4) is 0 Å². The molecule has 1 N–H and O–H groups in total. The number of rotatable bonds is 3. The van der Waals surface area contributed by atoms with E-state index in [4.69, 9.17) is 5.26 Å². The highest BCUT2D eigenvalue weighted by molar-refractivity contribution is 8.00. The summed E-state index contributed by atoms with van der Waals surface area (Å²) in [5.41, 5.74) is 0. The Morgan fingerprint density at radius 3 is 2.78 bits per heavy atom. The first-order valence-electron chi connectivity index (χ1n) is 3.00. The summed E-state index contributed by atoms with van der Waals surface area (Å²) in [4.78, 5) is 0. The Morgan fingerprint density at radius 2 is 2.44 bits per heavy atom. The van der Waals surface area contributed by atoms with E-state index in [1.165, 1.54) is 12.8 Å². The molecule has 2 nitrogen and oxygen atoms in total. The molecule has 50 valence electrons. The molecule has 1 aliphatic rings. The lowest BCUT2D eigenvalue weighted by Gasteiger charge is -2.07. The van der Waals surface area contributed by atoms with Crippen LogP contribution in [0, 0.1) is 11.5 Å². The van der Waals surface area contributed by atoms with Gasteiger partial charge in [-0.2, -0.15) is 17.0 Å². The van der Waals surface area contributed by atoms with Crippen LogP contribution in [0.1, 0.15) is 12.8 Å². The van der Waals surface area contributed by atoms with E-state index >= 15 is 0 Å². The minimum absolute atomic E-state index is 0.426. The van der Waals surface area contributed by atoms with Crippen molar-refractivity contribution in [2.45, 2.75) is 17.6 Å². The largest absolute Gasteiger partial charge is 0.322 e. The minimum atomic E-state index is 0.426. The van der Waals surface area contributed by atoms with Crippen LogP contribution in [-0.4, -0.2) is 17.5 Å². The van der Waals surface area contributed by atoms with Gasteiger partial charge in [-0.3, -0.25) is 0 Å². The first kappa shape index (κ1) is 6.76. The van der Waals surface area contributed by atoms with Gasteiger partial charge >= 0.3 is 0 Å². The molecule has 0 unspecified atom stereocenters. The van der Waals surface area contributed by atoms with E-state index in [0.29, 0.717) is 4.75 Å². The summed E-state index contributed by atoms with van der Waals surface area (Å²) in [7, 11) is 0. The van der Waals surface area contributed by atoms with E-state index in [1.807, 2.05) is 18.0 Å². The Bertz CT molecular complexity index is 134. The number of nitrogens with zero attached hydrogens (tertiary/aromatic N) is 1. The van der Waals surface area contributed by atoms with E-state index in [0.717, 1.165) is 6.54 Å². The zero-order valence-electron chi connectivity index (χ0n) is 5.48.